The first-order valence-electron chi connectivity index (χ1n) is 9.04. The summed E-state index contributed by atoms with van der Waals surface area (Å²) in [5, 5.41) is 0. The summed E-state index contributed by atoms with van der Waals surface area (Å²) in [6.07, 6.45) is 4.90. The highest BCUT2D eigenvalue weighted by molar-refractivity contribution is 5.95. The highest BCUT2D eigenvalue weighted by Gasteiger charge is 2.49. The number of carbonyl (C=O) groups excluding carboxylic acids is 2. The SMILES string of the molecule is O=C(c1ccoc1)N1CC[C@]2(CCCN(Cc3cccc(F)c3F)C2=O)C1. The van der Waals surface area contributed by atoms with Gasteiger partial charge in [-0.15, -0.1) is 0 Å². The number of furan rings is 1. The van der Waals surface area contributed by atoms with Gasteiger partial charge in [0.05, 0.1) is 17.2 Å². The molecule has 7 heteroatoms. The van der Waals surface area contributed by atoms with Crippen LogP contribution in [0.1, 0.15) is 35.2 Å². The molecular weight excluding hydrogens is 354 g/mol. The maximum atomic E-state index is 14.0. The summed E-state index contributed by atoms with van der Waals surface area (Å²) in [6, 6.07) is 5.61. The van der Waals surface area contributed by atoms with Gasteiger partial charge in [-0.25, -0.2) is 8.78 Å². The van der Waals surface area contributed by atoms with E-state index >= 15 is 0 Å². The predicted octanol–water partition coefficient (Wildman–Crippen LogP) is 3.21. The molecule has 2 aromatic rings. The highest BCUT2D eigenvalue weighted by Crippen LogP contribution is 2.41. The molecule has 27 heavy (non-hydrogen) atoms. The summed E-state index contributed by atoms with van der Waals surface area (Å²) in [5.74, 6) is -2.06. The van der Waals surface area contributed by atoms with Gasteiger partial charge in [0, 0.05) is 31.7 Å². The maximum Gasteiger partial charge on any atom is 0.257 e. The first-order valence-corrected chi connectivity index (χ1v) is 9.04. The van der Waals surface area contributed by atoms with Crippen molar-refractivity contribution in [2.24, 2.45) is 5.41 Å². The molecule has 2 aliphatic heterocycles. The highest BCUT2D eigenvalue weighted by atomic mass is 19.2. The Hall–Kier alpha value is -2.70. The molecular formula is C20H20F2N2O3. The lowest BCUT2D eigenvalue weighted by Gasteiger charge is -2.39. The van der Waals surface area contributed by atoms with E-state index in [1.54, 1.807) is 15.9 Å². The molecule has 2 aliphatic rings. The molecule has 0 N–H and O–H groups in total. The molecule has 0 unspecified atom stereocenters. The largest absolute Gasteiger partial charge is 0.472 e. The molecule has 5 nitrogen and oxygen atoms in total. The number of hydrogen-bond acceptors (Lipinski definition) is 3. The lowest BCUT2D eigenvalue weighted by Crippen LogP contribution is -2.50. The number of amides is 2. The third-order valence-corrected chi connectivity index (χ3v) is 5.63. The number of carbonyl (C=O) groups is 2. The van der Waals surface area contributed by atoms with Crippen molar-refractivity contribution in [3.05, 3.63) is 59.6 Å². The van der Waals surface area contributed by atoms with Crippen LogP contribution in [0.15, 0.2) is 41.2 Å². The van der Waals surface area contributed by atoms with Crippen molar-refractivity contribution in [3.8, 4) is 0 Å². The Morgan fingerprint density at radius 3 is 2.81 bits per heavy atom. The number of rotatable bonds is 3. The van der Waals surface area contributed by atoms with Crippen LogP contribution < -0.4 is 0 Å². The number of hydrogen-bond donors (Lipinski definition) is 0. The summed E-state index contributed by atoms with van der Waals surface area (Å²) in [4.78, 5) is 29.0. The molecule has 142 valence electrons. The summed E-state index contributed by atoms with van der Waals surface area (Å²) in [5.41, 5.74) is 0.000253. The van der Waals surface area contributed by atoms with Gasteiger partial charge in [0.2, 0.25) is 5.91 Å². The standard InChI is InChI=1S/C20H20F2N2O3/c21-16-4-1-3-14(17(16)22)11-23-8-2-6-20(19(23)26)7-9-24(13-20)18(25)15-5-10-27-12-15/h1,3-5,10,12H,2,6-9,11,13H2/t20-/m1/s1. The van der Waals surface area contributed by atoms with Gasteiger partial charge in [-0.3, -0.25) is 9.59 Å². The summed E-state index contributed by atoms with van der Waals surface area (Å²) in [7, 11) is 0. The van der Waals surface area contributed by atoms with Crippen LogP contribution in [0, 0.1) is 17.0 Å². The van der Waals surface area contributed by atoms with Crippen LogP contribution >= 0.6 is 0 Å². The normalized spacial score (nSPS) is 22.7. The zero-order chi connectivity index (χ0) is 19.0. The van der Waals surface area contributed by atoms with E-state index in [9.17, 15) is 18.4 Å². The minimum atomic E-state index is -0.913. The minimum Gasteiger partial charge on any atom is -0.472 e. The maximum absolute atomic E-state index is 14.0. The van der Waals surface area contributed by atoms with Crippen LogP contribution in [0.3, 0.4) is 0 Å². The molecule has 1 atom stereocenters. The van der Waals surface area contributed by atoms with Gasteiger partial charge in [0.1, 0.15) is 6.26 Å². The van der Waals surface area contributed by atoms with E-state index in [4.69, 9.17) is 4.42 Å². The molecule has 2 amide bonds. The second-order valence-corrected chi connectivity index (χ2v) is 7.31. The second kappa shape index (κ2) is 6.79. The first kappa shape index (κ1) is 17.7. The van der Waals surface area contributed by atoms with Gasteiger partial charge in [0.15, 0.2) is 11.6 Å². The molecule has 4 rings (SSSR count). The van der Waals surface area contributed by atoms with Gasteiger partial charge in [0.25, 0.3) is 5.91 Å². The fourth-order valence-corrected chi connectivity index (χ4v) is 4.17. The van der Waals surface area contributed by atoms with Crippen LogP contribution in [0.5, 0.6) is 0 Å². The molecule has 0 aliphatic carbocycles. The van der Waals surface area contributed by atoms with Crippen molar-refractivity contribution < 1.29 is 22.8 Å². The van der Waals surface area contributed by atoms with Gasteiger partial charge in [-0.05, 0) is 31.4 Å². The van der Waals surface area contributed by atoms with Crippen molar-refractivity contribution in [2.45, 2.75) is 25.8 Å². The van der Waals surface area contributed by atoms with E-state index in [0.717, 1.165) is 12.5 Å². The van der Waals surface area contributed by atoms with Crippen LogP contribution in [-0.2, 0) is 11.3 Å². The van der Waals surface area contributed by atoms with Gasteiger partial charge >= 0.3 is 0 Å². The van der Waals surface area contributed by atoms with Crippen LogP contribution in [0.4, 0.5) is 8.78 Å². The lowest BCUT2D eigenvalue weighted by atomic mass is 9.78. The van der Waals surface area contributed by atoms with Gasteiger partial charge in [-0.1, -0.05) is 12.1 Å². The van der Waals surface area contributed by atoms with Crippen LogP contribution in [0.2, 0.25) is 0 Å². The zero-order valence-corrected chi connectivity index (χ0v) is 14.8. The summed E-state index contributed by atoms with van der Waals surface area (Å²) >= 11 is 0. The molecule has 2 saturated heterocycles. The Morgan fingerprint density at radius 1 is 1.19 bits per heavy atom. The quantitative estimate of drug-likeness (QED) is 0.829. The van der Waals surface area contributed by atoms with Crippen molar-refractivity contribution in [1.29, 1.82) is 0 Å². The van der Waals surface area contributed by atoms with E-state index in [1.807, 2.05) is 0 Å². The number of nitrogens with zero attached hydrogens (tertiary/aromatic N) is 2. The number of benzene rings is 1. The van der Waals surface area contributed by atoms with E-state index in [1.165, 1.54) is 24.7 Å². The third kappa shape index (κ3) is 3.11. The van der Waals surface area contributed by atoms with E-state index in [2.05, 4.69) is 0 Å². The second-order valence-electron chi connectivity index (χ2n) is 7.31. The topological polar surface area (TPSA) is 53.8 Å². The molecule has 0 saturated carbocycles. The van der Waals surface area contributed by atoms with Crippen LogP contribution in [-0.4, -0.2) is 41.2 Å². The average Bonchev–Trinajstić information content (AvgIpc) is 3.33. The molecule has 1 spiro atoms. The Kier molecular flexibility index (Phi) is 4.45. The fourth-order valence-electron chi connectivity index (χ4n) is 4.17. The molecule has 0 radical (unpaired) electrons. The van der Waals surface area contributed by atoms with E-state index in [-0.39, 0.29) is 23.9 Å². The van der Waals surface area contributed by atoms with Crippen molar-refractivity contribution in [3.63, 3.8) is 0 Å². The average molecular weight is 374 g/mol. The van der Waals surface area contributed by atoms with Gasteiger partial charge < -0.3 is 14.2 Å². The van der Waals surface area contributed by atoms with Crippen molar-refractivity contribution in [2.75, 3.05) is 19.6 Å². The first-order chi connectivity index (χ1) is 13.0. The molecule has 1 aromatic carbocycles. The third-order valence-electron chi connectivity index (χ3n) is 5.63. The smallest absolute Gasteiger partial charge is 0.257 e. The number of likely N-dealkylation sites (tertiary alicyclic amines) is 2. The van der Waals surface area contributed by atoms with Crippen molar-refractivity contribution in [1.82, 2.24) is 9.80 Å². The van der Waals surface area contributed by atoms with Crippen LogP contribution in [0.25, 0.3) is 0 Å². The van der Waals surface area contributed by atoms with E-state index < -0.39 is 17.0 Å². The Bertz CT molecular complexity index is 868. The zero-order valence-electron chi connectivity index (χ0n) is 14.8. The monoisotopic (exact) mass is 374 g/mol. The fraction of sp³-hybridized carbons (Fsp3) is 0.400. The Balaban J connectivity index is 1.50. The molecule has 2 fully saturated rings. The molecule has 3 heterocycles. The Morgan fingerprint density at radius 2 is 2.04 bits per heavy atom. The van der Waals surface area contributed by atoms with Gasteiger partial charge in [-0.2, -0.15) is 0 Å². The molecule has 1 aromatic heterocycles. The minimum absolute atomic E-state index is 0.0415. The predicted molar refractivity (Wildman–Crippen MR) is 92.7 cm³/mol. The summed E-state index contributed by atoms with van der Waals surface area (Å²) in [6.45, 7) is 1.39. The summed E-state index contributed by atoms with van der Waals surface area (Å²) < 4.78 is 32.4. The number of piperidine rings is 1. The van der Waals surface area contributed by atoms with Crippen molar-refractivity contribution >= 4 is 11.8 Å². The Labute approximate surface area is 155 Å². The number of halogens is 2. The molecule has 0 bridgehead atoms. The lowest BCUT2D eigenvalue weighted by molar-refractivity contribution is -0.146. The van der Waals surface area contributed by atoms with E-state index in [0.29, 0.717) is 38.0 Å².